The fourth-order valence-electron chi connectivity index (χ4n) is 2.07. The Balaban J connectivity index is 2.41. The van der Waals surface area contributed by atoms with Gasteiger partial charge in [-0.15, -0.1) is 0 Å². The first-order valence-corrected chi connectivity index (χ1v) is 6.57. The van der Waals surface area contributed by atoms with E-state index in [1.165, 1.54) is 0 Å². The molecule has 0 saturated carbocycles. The van der Waals surface area contributed by atoms with Crippen molar-refractivity contribution in [3.63, 3.8) is 0 Å². The molecule has 0 aliphatic heterocycles. The van der Waals surface area contributed by atoms with Crippen molar-refractivity contribution < 1.29 is 4.74 Å². The van der Waals surface area contributed by atoms with Crippen LogP contribution < -0.4 is 4.74 Å². The molecule has 0 fully saturated rings. The normalized spacial score (nSPS) is 11.7. The fourth-order valence-corrected chi connectivity index (χ4v) is 2.07. The molecule has 0 spiro atoms. The molecule has 2 aromatic rings. The second-order valence-electron chi connectivity index (χ2n) is 4.57. The van der Waals surface area contributed by atoms with E-state index in [0.29, 0.717) is 12.2 Å². The maximum Gasteiger partial charge on any atom is 0.146 e. The number of nitriles is 1. The highest BCUT2D eigenvalue weighted by Crippen LogP contribution is 2.25. The number of rotatable bonds is 4. The summed E-state index contributed by atoms with van der Waals surface area (Å²) in [6.45, 7) is 3.95. The molecule has 0 aliphatic rings. The average Bonchev–Trinajstić information content (AvgIpc) is 2.49. The smallest absolute Gasteiger partial charge is 0.146 e. The first kappa shape index (κ1) is 14.0. The molecule has 4 heteroatoms. The molecule has 1 aromatic heterocycles. The summed E-state index contributed by atoms with van der Waals surface area (Å²) in [5, 5.41) is 9.11. The Morgan fingerprint density at radius 1 is 1.35 bits per heavy atom. The van der Waals surface area contributed by atoms with Gasteiger partial charge in [-0.2, -0.15) is 5.26 Å². The number of methoxy groups -OCH3 is 1. The number of aromatic nitrogens is 2. The van der Waals surface area contributed by atoms with Crippen molar-refractivity contribution in [2.24, 2.45) is 0 Å². The van der Waals surface area contributed by atoms with Crippen molar-refractivity contribution in [3.8, 4) is 23.1 Å². The predicted molar refractivity (Wildman–Crippen MR) is 77.4 cm³/mol. The summed E-state index contributed by atoms with van der Waals surface area (Å²) >= 11 is 0. The van der Waals surface area contributed by atoms with Crippen LogP contribution in [0.1, 0.15) is 30.7 Å². The van der Waals surface area contributed by atoms with Crippen molar-refractivity contribution in [1.29, 1.82) is 5.26 Å². The van der Waals surface area contributed by atoms with Gasteiger partial charge < -0.3 is 4.74 Å². The molecule has 0 radical (unpaired) electrons. The minimum atomic E-state index is -0.255. The zero-order valence-corrected chi connectivity index (χ0v) is 11.9. The molecular weight excluding hydrogens is 250 g/mol. The molecular formula is C16H17N3O. The van der Waals surface area contributed by atoms with Crippen LogP contribution in [0.15, 0.2) is 30.5 Å². The lowest BCUT2D eigenvalue weighted by atomic mass is 10.1. The monoisotopic (exact) mass is 267 g/mol. The van der Waals surface area contributed by atoms with Gasteiger partial charge in [0.1, 0.15) is 17.5 Å². The van der Waals surface area contributed by atoms with Crippen molar-refractivity contribution in [3.05, 3.63) is 41.9 Å². The van der Waals surface area contributed by atoms with E-state index < -0.39 is 0 Å². The summed E-state index contributed by atoms with van der Waals surface area (Å²) in [5.41, 5.74) is 2.88. The Labute approximate surface area is 119 Å². The van der Waals surface area contributed by atoms with Crippen molar-refractivity contribution in [2.75, 3.05) is 7.11 Å². The maximum absolute atomic E-state index is 9.11. The fraction of sp³-hybridized carbons (Fsp3) is 0.312. The molecule has 4 nitrogen and oxygen atoms in total. The molecule has 0 saturated heterocycles. The number of nitrogens with zero attached hydrogens (tertiary/aromatic N) is 3. The molecule has 0 bridgehead atoms. The van der Waals surface area contributed by atoms with Crippen LogP contribution in [0.2, 0.25) is 0 Å². The molecule has 1 heterocycles. The third-order valence-electron chi connectivity index (χ3n) is 3.24. The predicted octanol–water partition coefficient (Wildman–Crippen LogP) is 3.48. The lowest BCUT2D eigenvalue weighted by Crippen LogP contribution is -2.02. The van der Waals surface area contributed by atoms with E-state index in [0.717, 1.165) is 22.6 Å². The zero-order valence-electron chi connectivity index (χ0n) is 11.9. The Bertz CT molecular complexity index is 646. The van der Waals surface area contributed by atoms with E-state index in [-0.39, 0.29) is 5.92 Å². The molecule has 20 heavy (non-hydrogen) atoms. The van der Waals surface area contributed by atoms with Gasteiger partial charge in [0.05, 0.1) is 18.9 Å². The Morgan fingerprint density at radius 3 is 2.75 bits per heavy atom. The van der Waals surface area contributed by atoms with E-state index in [4.69, 9.17) is 10.00 Å². The molecule has 0 N–H and O–H groups in total. The maximum atomic E-state index is 9.11. The van der Waals surface area contributed by atoms with Gasteiger partial charge in [-0.1, -0.05) is 6.92 Å². The van der Waals surface area contributed by atoms with E-state index in [1.807, 2.05) is 38.1 Å². The van der Waals surface area contributed by atoms with Gasteiger partial charge in [-0.05, 0) is 43.2 Å². The van der Waals surface area contributed by atoms with Crippen LogP contribution in [-0.4, -0.2) is 17.1 Å². The molecule has 1 unspecified atom stereocenters. The van der Waals surface area contributed by atoms with Gasteiger partial charge in [0.15, 0.2) is 0 Å². The summed E-state index contributed by atoms with van der Waals surface area (Å²) in [6, 6.07) is 10.0. The number of benzene rings is 1. The minimum absolute atomic E-state index is 0.255. The van der Waals surface area contributed by atoms with Crippen LogP contribution in [0, 0.1) is 18.3 Å². The van der Waals surface area contributed by atoms with Crippen LogP contribution >= 0.6 is 0 Å². The van der Waals surface area contributed by atoms with Gasteiger partial charge in [0.25, 0.3) is 0 Å². The third-order valence-corrected chi connectivity index (χ3v) is 3.24. The second kappa shape index (κ2) is 6.16. The molecule has 0 aliphatic carbocycles. The van der Waals surface area contributed by atoms with Crippen LogP contribution in [0.4, 0.5) is 0 Å². The minimum Gasteiger partial charge on any atom is -0.496 e. The van der Waals surface area contributed by atoms with Crippen molar-refractivity contribution >= 4 is 0 Å². The quantitative estimate of drug-likeness (QED) is 0.851. The molecule has 1 atom stereocenters. The summed E-state index contributed by atoms with van der Waals surface area (Å²) in [6.07, 6.45) is 2.42. The van der Waals surface area contributed by atoms with Gasteiger partial charge in [-0.25, -0.2) is 9.97 Å². The van der Waals surface area contributed by atoms with Crippen LogP contribution in [-0.2, 0) is 0 Å². The third kappa shape index (κ3) is 2.77. The zero-order chi connectivity index (χ0) is 14.5. The Morgan fingerprint density at radius 2 is 2.15 bits per heavy atom. The largest absolute Gasteiger partial charge is 0.496 e. The number of hydrogen-bond acceptors (Lipinski definition) is 4. The van der Waals surface area contributed by atoms with E-state index in [9.17, 15) is 0 Å². The lowest BCUT2D eigenvalue weighted by Gasteiger charge is -2.09. The van der Waals surface area contributed by atoms with Crippen LogP contribution in [0.25, 0.3) is 11.3 Å². The molecule has 1 aromatic carbocycles. The number of aryl methyl sites for hydroxylation is 1. The molecule has 0 amide bonds. The topological polar surface area (TPSA) is 58.8 Å². The highest BCUT2D eigenvalue weighted by molar-refractivity contribution is 5.61. The number of ether oxygens (including phenoxy) is 1. The summed E-state index contributed by atoms with van der Waals surface area (Å²) in [7, 11) is 1.66. The van der Waals surface area contributed by atoms with E-state index >= 15 is 0 Å². The van der Waals surface area contributed by atoms with Crippen molar-refractivity contribution in [1.82, 2.24) is 9.97 Å². The van der Waals surface area contributed by atoms with Gasteiger partial charge >= 0.3 is 0 Å². The SMILES string of the molecule is CCC(C#N)c1nccc(-c2ccc(OC)c(C)c2)n1. The van der Waals surface area contributed by atoms with Gasteiger partial charge in [-0.3, -0.25) is 0 Å². The van der Waals surface area contributed by atoms with Crippen LogP contribution in [0.3, 0.4) is 0 Å². The summed E-state index contributed by atoms with van der Waals surface area (Å²) in [4.78, 5) is 8.71. The summed E-state index contributed by atoms with van der Waals surface area (Å²) in [5.74, 6) is 1.18. The lowest BCUT2D eigenvalue weighted by molar-refractivity contribution is 0.412. The highest BCUT2D eigenvalue weighted by Gasteiger charge is 2.12. The summed E-state index contributed by atoms with van der Waals surface area (Å²) < 4.78 is 5.26. The Kier molecular flexibility index (Phi) is 4.31. The highest BCUT2D eigenvalue weighted by atomic mass is 16.5. The molecule has 2 rings (SSSR count). The number of hydrogen-bond donors (Lipinski definition) is 0. The second-order valence-corrected chi connectivity index (χ2v) is 4.57. The first-order valence-electron chi connectivity index (χ1n) is 6.57. The van der Waals surface area contributed by atoms with Gasteiger partial charge in [0.2, 0.25) is 0 Å². The Hall–Kier alpha value is -2.41. The van der Waals surface area contributed by atoms with Crippen molar-refractivity contribution in [2.45, 2.75) is 26.2 Å². The average molecular weight is 267 g/mol. The van der Waals surface area contributed by atoms with Gasteiger partial charge in [0, 0.05) is 11.8 Å². The molecule has 102 valence electrons. The standard InChI is InChI=1S/C16H17N3O/c1-4-12(10-17)16-18-8-7-14(19-16)13-5-6-15(20-3)11(2)9-13/h5-9,12H,4H2,1-3H3. The van der Waals surface area contributed by atoms with E-state index in [1.54, 1.807) is 13.3 Å². The van der Waals surface area contributed by atoms with Crippen LogP contribution in [0.5, 0.6) is 5.75 Å². The van der Waals surface area contributed by atoms with E-state index in [2.05, 4.69) is 16.0 Å². The first-order chi connectivity index (χ1) is 9.69.